The fourth-order valence-corrected chi connectivity index (χ4v) is 3.38. The molecule has 0 bridgehead atoms. The van der Waals surface area contributed by atoms with Crippen LogP contribution < -0.4 is 0 Å². The molecular weight excluding hydrogens is 537 g/mol. The van der Waals surface area contributed by atoms with Gasteiger partial charge in [-0.2, -0.15) is 0 Å². The van der Waals surface area contributed by atoms with Crippen molar-refractivity contribution in [2.75, 3.05) is 6.16 Å². The second kappa shape index (κ2) is 10.6. The number of rotatable bonds is 7. The standard InChI is InChI=1S/C21H24NO3P.Ir/c1-21(2,3)20(24)14-18(23)12-13-26(25)15-17-10-7-11-19(22-17)16-8-5-4-6-9-16;/h4-8,10-11,14,23H,12-13,15H2,1-3H3;/b18-14-;. The molecule has 6 heteroatoms. The van der Waals surface area contributed by atoms with Gasteiger partial charge in [-0.05, 0) is 11.8 Å². The average Bonchev–Trinajstić information content (AvgIpc) is 2.60. The molecular formula is C21H24IrNO3P. The van der Waals surface area contributed by atoms with Crippen LogP contribution in [0.2, 0.25) is 0 Å². The Hall–Kier alpha value is -1.67. The van der Waals surface area contributed by atoms with Gasteiger partial charge in [-0.25, -0.2) is 0 Å². The molecule has 0 amide bonds. The summed E-state index contributed by atoms with van der Waals surface area (Å²) in [6.45, 7) is 5.38. The van der Waals surface area contributed by atoms with Gasteiger partial charge in [0, 0.05) is 38.0 Å². The minimum atomic E-state index is -1.56. The SMILES string of the molecule is CC(C)(C)C(=O)/C=C(\O)CC[P+](=O)Cc1cccc(-c2[c-]cccc2)n1.[Ir]. The van der Waals surface area contributed by atoms with E-state index in [4.69, 9.17) is 0 Å². The van der Waals surface area contributed by atoms with Crippen LogP contribution in [0, 0.1) is 11.5 Å². The molecule has 0 saturated heterocycles. The van der Waals surface area contributed by atoms with Crippen LogP contribution in [0.15, 0.2) is 54.3 Å². The van der Waals surface area contributed by atoms with Crippen LogP contribution in [-0.4, -0.2) is 22.0 Å². The third-order valence-corrected chi connectivity index (χ3v) is 5.18. The van der Waals surface area contributed by atoms with Gasteiger partial charge in [-0.15, -0.1) is 35.9 Å². The van der Waals surface area contributed by atoms with Crippen molar-refractivity contribution in [3.8, 4) is 11.3 Å². The van der Waals surface area contributed by atoms with Gasteiger partial charge in [-0.1, -0.05) is 37.5 Å². The van der Waals surface area contributed by atoms with Gasteiger partial charge >= 0.3 is 7.80 Å². The zero-order valence-electron chi connectivity index (χ0n) is 15.7. The van der Waals surface area contributed by atoms with Crippen molar-refractivity contribution >= 4 is 13.6 Å². The number of aromatic nitrogens is 1. The van der Waals surface area contributed by atoms with E-state index in [-0.39, 0.29) is 38.1 Å². The fraction of sp³-hybridized carbons (Fsp3) is 0.333. The van der Waals surface area contributed by atoms with Crippen LogP contribution in [0.4, 0.5) is 0 Å². The molecule has 27 heavy (non-hydrogen) atoms. The third-order valence-electron chi connectivity index (χ3n) is 3.78. The molecule has 1 N–H and O–H groups in total. The zero-order valence-corrected chi connectivity index (χ0v) is 19.0. The van der Waals surface area contributed by atoms with Crippen LogP contribution in [0.1, 0.15) is 32.9 Å². The smallest absolute Gasteiger partial charge is 0.345 e. The van der Waals surface area contributed by atoms with E-state index in [0.29, 0.717) is 12.3 Å². The number of hydrogen-bond donors (Lipinski definition) is 1. The van der Waals surface area contributed by atoms with Gasteiger partial charge < -0.3 is 5.11 Å². The third kappa shape index (κ3) is 7.84. The molecule has 1 aromatic carbocycles. The van der Waals surface area contributed by atoms with E-state index in [9.17, 15) is 14.5 Å². The molecule has 2 aromatic rings. The fourth-order valence-electron chi connectivity index (χ4n) is 2.21. The quantitative estimate of drug-likeness (QED) is 0.215. The van der Waals surface area contributed by atoms with Gasteiger partial charge in [0.1, 0.15) is 5.76 Å². The number of pyridine rings is 1. The number of carbonyl (C=O) groups is 1. The molecule has 1 radical (unpaired) electrons. The van der Waals surface area contributed by atoms with E-state index < -0.39 is 13.2 Å². The molecule has 1 unspecified atom stereocenters. The number of benzene rings is 1. The van der Waals surface area contributed by atoms with E-state index >= 15 is 0 Å². The van der Waals surface area contributed by atoms with Crippen LogP contribution in [-0.2, 0) is 35.6 Å². The Bertz CT molecular complexity index is 814. The van der Waals surface area contributed by atoms with Gasteiger partial charge in [-0.3, -0.25) is 9.78 Å². The zero-order chi connectivity index (χ0) is 19.2. The van der Waals surface area contributed by atoms with Crippen molar-refractivity contribution in [3.63, 3.8) is 0 Å². The number of ketones is 1. The van der Waals surface area contributed by atoms with E-state index in [2.05, 4.69) is 11.1 Å². The van der Waals surface area contributed by atoms with Gasteiger partial charge in [0.05, 0.1) is 5.69 Å². The maximum absolute atomic E-state index is 12.3. The van der Waals surface area contributed by atoms with E-state index in [1.807, 2.05) is 42.5 Å². The summed E-state index contributed by atoms with van der Waals surface area (Å²) in [6.07, 6.45) is 2.13. The molecule has 0 saturated carbocycles. The number of hydrogen-bond acceptors (Lipinski definition) is 4. The molecule has 0 aliphatic rings. The van der Waals surface area contributed by atoms with Crippen molar-refractivity contribution in [1.29, 1.82) is 0 Å². The summed E-state index contributed by atoms with van der Waals surface area (Å²) < 4.78 is 12.3. The van der Waals surface area contributed by atoms with Crippen LogP contribution >= 0.6 is 7.80 Å². The van der Waals surface area contributed by atoms with E-state index in [1.165, 1.54) is 6.08 Å². The van der Waals surface area contributed by atoms with Crippen molar-refractivity contribution in [1.82, 2.24) is 4.98 Å². The maximum Gasteiger partial charge on any atom is 0.345 e. The normalized spacial score (nSPS) is 12.3. The number of allylic oxidation sites excluding steroid dienone is 2. The largest absolute Gasteiger partial charge is 0.512 e. The molecule has 1 heterocycles. The summed E-state index contributed by atoms with van der Waals surface area (Å²) in [6, 6.07) is 16.3. The van der Waals surface area contributed by atoms with Crippen molar-refractivity contribution in [3.05, 3.63) is 66.1 Å². The average molecular weight is 562 g/mol. The molecule has 0 fully saturated rings. The first-order valence-electron chi connectivity index (χ1n) is 8.55. The summed E-state index contributed by atoms with van der Waals surface area (Å²) in [5.74, 6) is -0.160. The summed E-state index contributed by atoms with van der Waals surface area (Å²) in [5.41, 5.74) is 1.90. The summed E-state index contributed by atoms with van der Waals surface area (Å²) >= 11 is 0. The Kier molecular flexibility index (Phi) is 9.18. The van der Waals surface area contributed by atoms with Crippen LogP contribution in [0.25, 0.3) is 11.3 Å². The topological polar surface area (TPSA) is 67.3 Å². The molecule has 1 atom stereocenters. The Morgan fingerprint density at radius 3 is 2.59 bits per heavy atom. The first-order chi connectivity index (χ1) is 12.3. The maximum atomic E-state index is 12.3. The van der Waals surface area contributed by atoms with E-state index in [0.717, 1.165) is 17.0 Å². The van der Waals surface area contributed by atoms with Crippen LogP contribution in [0.3, 0.4) is 0 Å². The van der Waals surface area contributed by atoms with Crippen molar-refractivity contribution < 1.29 is 34.6 Å². The Morgan fingerprint density at radius 2 is 1.96 bits per heavy atom. The summed E-state index contributed by atoms with van der Waals surface area (Å²) in [4.78, 5) is 16.4. The summed E-state index contributed by atoms with van der Waals surface area (Å²) in [7, 11) is -1.56. The predicted octanol–water partition coefficient (Wildman–Crippen LogP) is 5.32. The Balaban J connectivity index is 0.00000364. The molecule has 4 nitrogen and oxygen atoms in total. The number of aliphatic hydroxyl groups excluding tert-OH is 1. The minimum Gasteiger partial charge on any atom is -0.512 e. The number of aliphatic hydroxyl groups is 1. The van der Waals surface area contributed by atoms with Gasteiger partial charge in [0.25, 0.3) is 0 Å². The Morgan fingerprint density at radius 1 is 1.22 bits per heavy atom. The Labute approximate surface area is 175 Å². The minimum absolute atomic E-state index is 0. The molecule has 0 aliphatic carbocycles. The molecule has 0 spiro atoms. The van der Waals surface area contributed by atoms with Gasteiger partial charge in [0.15, 0.2) is 18.1 Å². The molecule has 145 valence electrons. The first-order valence-corrected chi connectivity index (χ1v) is 10.2. The number of carbonyl (C=O) groups excluding carboxylic acids is 1. The summed E-state index contributed by atoms with van der Waals surface area (Å²) in [5, 5.41) is 9.88. The van der Waals surface area contributed by atoms with Crippen molar-refractivity contribution in [2.45, 2.75) is 33.4 Å². The van der Waals surface area contributed by atoms with E-state index in [1.54, 1.807) is 20.8 Å². The monoisotopic (exact) mass is 562 g/mol. The first kappa shape index (κ1) is 23.4. The molecule has 1 aromatic heterocycles. The second-order valence-electron chi connectivity index (χ2n) is 7.15. The number of nitrogens with zero attached hydrogens (tertiary/aromatic N) is 1. The second-order valence-corrected chi connectivity index (χ2v) is 8.88. The molecule has 2 rings (SSSR count). The van der Waals surface area contributed by atoms with Crippen LogP contribution in [0.5, 0.6) is 0 Å². The van der Waals surface area contributed by atoms with Crippen molar-refractivity contribution in [2.24, 2.45) is 5.41 Å². The van der Waals surface area contributed by atoms with Gasteiger partial charge in [0.2, 0.25) is 0 Å². The predicted molar refractivity (Wildman–Crippen MR) is 104 cm³/mol. The molecule has 0 aliphatic heterocycles.